The summed E-state index contributed by atoms with van der Waals surface area (Å²) in [5.41, 5.74) is 1.66. The highest BCUT2D eigenvalue weighted by Crippen LogP contribution is 2.31. The van der Waals surface area contributed by atoms with Gasteiger partial charge in [-0.15, -0.1) is 0 Å². The quantitative estimate of drug-likeness (QED) is 0.250. The number of rotatable bonds is 12. The summed E-state index contributed by atoms with van der Waals surface area (Å²) in [4.78, 5) is 28.6. The van der Waals surface area contributed by atoms with Crippen molar-refractivity contribution >= 4 is 62.3 Å². The van der Waals surface area contributed by atoms with Gasteiger partial charge in [-0.05, 0) is 61.7 Å². The van der Waals surface area contributed by atoms with Gasteiger partial charge >= 0.3 is 0 Å². The van der Waals surface area contributed by atoms with Crippen LogP contribution in [0.4, 0.5) is 5.69 Å². The highest BCUT2D eigenvalue weighted by molar-refractivity contribution is 7.92. The van der Waals surface area contributed by atoms with E-state index in [2.05, 4.69) is 5.32 Å². The van der Waals surface area contributed by atoms with Crippen molar-refractivity contribution in [2.24, 2.45) is 0 Å². The minimum atomic E-state index is -4.22. The van der Waals surface area contributed by atoms with Crippen LogP contribution >= 0.6 is 34.8 Å². The number of hydrogen-bond acceptors (Lipinski definition) is 4. The zero-order chi connectivity index (χ0) is 29.4. The molecule has 3 aromatic rings. The Morgan fingerprint density at radius 2 is 1.57 bits per heavy atom. The summed E-state index contributed by atoms with van der Waals surface area (Å²) in [6, 6.07) is 16.8. The van der Waals surface area contributed by atoms with Gasteiger partial charge in [-0.3, -0.25) is 13.9 Å². The van der Waals surface area contributed by atoms with Gasteiger partial charge in [-0.1, -0.05) is 84.5 Å². The molecular weight excluding hydrogens is 593 g/mol. The first-order chi connectivity index (χ1) is 19.0. The van der Waals surface area contributed by atoms with Crippen LogP contribution in [0.5, 0.6) is 0 Å². The molecule has 11 heteroatoms. The second kappa shape index (κ2) is 14.2. The summed E-state index contributed by atoms with van der Waals surface area (Å²) in [6.07, 6.45) is 1.03. The molecule has 3 aromatic carbocycles. The Labute approximate surface area is 251 Å². The van der Waals surface area contributed by atoms with Crippen molar-refractivity contribution in [3.05, 3.63) is 92.9 Å². The number of benzene rings is 3. The molecule has 1 atom stereocenters. The van der Waals surface area contributed by atoms with E-state index < -0.39 is 28.5 Å². The minimum absolute atomic E-state index is 0.00218. The molecular formula is C29H32Cl3N3O4S. The van der Waals surface area contributed by atoms with Gasteiger partial charge in [0.2, 0.25) is 11.8 Å². The third-order valence-corrected chi connectivity index (χ3v) is 9.21. The number of halogens is 3. The number of amides is 2. The van der Waals surface area contributed by atoms with E-state index in [9.17, 15) is 18.0 Å². The zero-order valence-electron chi connectivity index (χ0n) is 22.5. The SMILES string of the molecule is CCCNC(=O)[C@H](CC)N(Cc1ccccc1Cl)C(=O)CN(c1ccc(Cl)c(Cl)c1)S(=O)(=O)c1ccc(C)cc1. The topological polar surface area (TPSA) is 86.8 Å². The lowest BCUT2D eigenvalue weighted by Crippen LogP contribution is -2.52. The van der Waals surface area contributed by atoms with Crippen LogP contribution in [0.25, 0.3) is 0 Å². The normalized spacial score (nSPS) is 12.1. The third kappa shape index (κ3) is 7.69. The van der Waals surface area contributed by atoms with Gasteiger partial charge in [0.1, 0.15) is 12.6 Å². The van der Waals surface area contributed by atoms with E-state index in [0.29, 0.717) is 23.6 Å². The first-order valence-corrected chi connectivity index (χ1v) is 15.4. The molecule has 0 heterocycles. The van der Waals surface area contributed by atoms with Gasteiger partial charge in [0.15, 0.2) is 0 Å². The Bertz CT molecular complexity index is 1450. The van der Waals surface area contributed by atoms with Crippen LogP contribution in [0.1, 0.15) is 37.8 Å². The molecule has 0 aromatic heterocycles. The van der Waals surface area contributed by atoms with Crippen LogP contribution in [0.2, 0.25) is 15.1 Å². The van der Waals surface area contributed by atoms with Gasteiger partial charge in [-0.25, -0.2) is 8.42 Å². The molecule has 0 fully saturated rings. The fraction of sp³-hybridized carbons (Fsp3) is 0.310. The van der Waals surface area contributed by atoms with Crippen molar-refractivity contribution in [2.45, 2.75) is 51.1 Å². The third-order valence-electron chi connectivity index (χ3n) is 6.31. The minimum Gasteiger partial charge on any atom is -0.354 e. The summed E-state index contributed by atoms with van der Waals surface area (Å²) < 4.78 is 28.8. The van der Waals surface area contributed by atoms with Gasteiger partial charge in [0.05, 0.1) is 20.6 Å². The first-order valence-electron chi connectivity index (χ1n) is 12.8. The molecule has 0 aliphatic rings. The number of hydrogen-bond donors (Lipinski definition) is 1. The van der Waals surface area contributed by atoms with E-state index in [1.54, 1.807) is 43.3 Å². The molecule has 0 spiro atoms. The zero-order valence-corrected chi connectivity index (χ0v) is 25.6. The maximum Gasteiger partial charge on any atom is 0.264 e. The average molecular weight is 625 g/mol. The Morgan fingerprint density at radius 3 is 2.17 bits per heavy atom. The van der Waals surface area contributed by atoms with Crippen LogP contribution in [0.15, 0.2) is 71.6 Å². The van der Waals surface area contributed by atoms with E-state index in [0.717, 1.165) is 16.3 Å². The number of carbonyl (C=O) groups excluding carboxylic acids is 2. The fourth-order valence-corrected chi connectivity index (χ4v) is 6.00. The number of sulfonamides is 1. The van der Waals surface area contributed by atoms with Gasteiger partial charge in [-0.2, -0.15) is 0 Å². The van der Waals surface area contributed by atoms with Crippen LogP contribution in [-0.2, 0) is 26.2 Å². The number of carbonyl (C=O) groups is 2. The lowest BCUT2D eigenvalue weighted by molar-refractivity contribution is -0.140. The molecule has 0 bridgehead atoms. The number of aryl methyl sites for hydroxylation is 1. The molecule has 0 saturated carbocycles. The van der Waals surface area contributed by atoms with E-state index in [1.165, 1.54) is 35.2 Å². The Morgan fingerprint density at radius 1 is 0.900 bits per heavy atom. The molecule has 0 radical (unpaired) electrons. The van der Waals surface area contributed by atoms with Crippen molar-refractivity contribution in [2.75, 3.05) is 17.4 Å². The van der Waals surface area contributed by atoms with E-state index in [4.69, 9.17) is 34.8 Å². The van der Waals surface area contributed by atoms with Crippen molar-refractivity contribution < 1.29 is 18.0 Å². The summed E-state index contributed by atoms with van der Waals surface area (Å²) in [6.45, 7) is 5.44. The standard InChI is InChI=1S/C29H32Cl3N3O4S/c1-4-16-33-29(37)27(5-2)34(18-21-8-6-7-9-24(21)30)28(36)19-35(22-12-15-25(31)26(32)17-22)40(38,39)23-13-10-20(3)11-14-23/h6-15,17,27H,4-5,16,18-19H2,1-3H3,(H,33,37)/t27-/m0/s1. The predicted octanol–water partition coefficient (Wildman–Crippen LogP) is 6.48. The highest BCUT2D eigenvalue weighted by atomic mass is 35.5. The van der Waals surface area contributed by atoms with Gasteiger partial charge in [0, 0.05) is 18.1 Å². The maximum atomic E-state index is 14.0. The lowest BCUT2D eigenvalue weighted by Gasteiger charge is -2.33. The summed E-state index contributed by atoms with van der Waals surface area (Å²) in [7, 11) is -4.22. The van der Waals surface area contributed by atoms with E-state index >= 15 is 0 Å². The Hall–Kier alpha value is -2.78. The molecule has 40 heavy (non-hydrogen) atoms. The van der Waals surface area contributed by atoms with E-state index in [1.807, 2.05) is 13.8 Å². The van der Waals surface area contributed by atoms with Crippen LogP contribution < -0.4 is 9.62 Å². The molecule has 214 valence electrons. The number of nitrogens with one attached hydrogen (secondary N) is 1. The molecule has 0 saturated heterocycles. The molecule has 0 unspecified atom stereocenters. The lowest BCUT2D eigenvalue weighted by atomic mass is 10.1. The predicted molar refractivity (Wildman–Crippen MR) is 162 cm³/mol. The molecule has 0 aliphatic carbocycles. The van der Waals surface area contributed by atoms with E-state index in [-0.39, 0.29) is 33.1 Å². The van der Waals surface area contributed by atoms with Crippen molar-refractivity contribution in [3.8, 4) is 0 Å². The molecule has 1 N–H and O–H groups in total. The second-order valence-electron chi connectivity index (χ2n) is 9.25. The average Bonchev–Trinajstić information content (AvgIpc) is 2.93. The van der Waals surface area contributed by atoms with Crippen molar-refractivity contribution in [3.63, 3.8) is 0 Å². The highest BCUT2D eigenvalue weighted by Gasteiger charge is 2.34. The molecule has 0 aliphatic heterocycles. The number of anilines is 1. The Balaban J connectivity index is 2.09. The smallest absolute Gasteiger partial charge is 0.264 e. The van der Waals surface area contributed by atoms with Crippen molar-refractivity contribution in [1.82, 2.24) is 10.2 Å². The van der Waals surface area contributed by atoms with Crippen LogP contribution in [0.3, 0.4) is 0 Å². The van der Waals surface area contributed by atoms with Gasteiger partial charge in [0.25, 0.3) is 10.0 Å². The fourth-order valence-electron chi connectivity index (χ4n) is 4.10. The summed E-state index contributed by atoms with van der Waals surface area (Å²) >= 11 is 18.8. The molecule has 7 nitrogen and oxygen atoms in total. The van der Waals surface area contributed by atoms with Crippen LogP contribution in [0, 0.1) is 6.92 Å². The largest absolute Gasteiger partial charge is 0.354 e. The maximum absolute atomic E-state index is 14.0. The number of nitrogens with zero attached hydrogens (tertiary/aromatic N) is 2. The van der Waals surface area contributed by atoms with Crippen LogP contribution in [-0.4, -0.2) is 44.3 Å². The molecule has 2 amide bonds. The first kappa shape index (κ1) is 31.7. The second-order valence-corrected chi connectivity index (χ2v) is 12.3. The van der Waals surface area contributed by atoms with Gasteiger partial charge < -0.3 is 10.2 Å². The summed E-state index contributed by atoms with van der Waals surface area (Å²) in [5.74, 6) is -0.910. The Kier molecular flexibility index (Phi) is 11.3. The monoisotopic (exact) mass is 623 g/mol. The van der Waals surface area contributed by atoms with Crippen molar-refractivity contribution in [1.29, 1.82) is 0 Å². The summed E-state index contributed by atoms with van der Waals surface area (Å²) in [5, 5.41) is 3.65. The molecule has 3 rings (SSSR count).